The van der Waals surface area contributed by atoms with E-state index in [9.17, 15) is 9.59 Å². The third kappa shape index (κ3) is 4.71. The second-order valence-electron chi connectivity index (χ2n) is 6.44. The van der Waals surface area contributed by atoms with Crippen LogP contribution in [-0.4, -0.2) is 31.4 Å². The number of nitrogens with zero attached hydrogens (tertiary/aromatic N) is 1. The zero-order valence-corrected chi connectivity index (χ0v) is 15.5. The first-order valence-corrected chi connectivity index (χ1v) is 8.30. The summed E-state index contributed by atoms with van der Waals surface area (Å²) < 4.78 is 0. The fourth-order valence-corrected chi connectivity index (χ4v) is 3.32. The van der Waals surface area contributed by atoms with E-state index in [1.54, 1.807) is 4.90 Å². The van der Waals surface area contributed by atoms with Crippen LogP contribution < -0.4 is 16.0 Å². The Balaban J connectivity index is 0.00000288. The number of unbranched alkanes of at least 4 members (excludes halogenated alkanes) is 1. The summed E-state index contributed by atoms with van der Waals surface area (Å²) in [6, 6.07) is 4.16. The summed E-state index contributed by atoms with van der Waals surface area (Å²) in [5, 5.41) is 2.92. The van der Waals surface area contributed by atoms with E-state index in [-0.39, 0.29) is 36.6 Å². The van der Waals surface area contributed by atoms with Gasteiger partial charge < -0.3 is 16.0 Å². The molecule has 5 nitrogen and oxygen atoms in total. The number of anilines is 1. The van der Waals surface area contributed by atoms with Crippen molar-refractivity contribution >= 4 is 29.9 Å². The largest absolute Gasteiger partial charge is 0.356 e. The van der Waals surface area contributed by atoms with Crippen molar-refractivity contribution in [2.75, 3.05) is 24.5 Å². The monoisotopic (exact) mass is 353 g/mol. The standard InChI is InChI=1S/C18H27N3O2.ClH/c1-12-8-13(2)17(14(3)9-12)21-11-15(10-16(21)22)18(23)20-7-5-4-6-19;/h8-9,15H,4-7,10-11,19H2,1-3H3,(H,20,23);1H. The van der Waals surface area contributed by atoms with Gasteiger partial charge in [-0.25, -0.2) is 0 Å². The third-order valence-electron chi connectivity index (χ3n) is 4.33. The average molecular weight is 354 g/mol. The van der Waals surface area contributed by atoms with Crippen molar-refractivity contribution < 1.29 is 9.59 Å². The number of nitrogens with two attached hydrogens (primary N) is 1. The quantitative estimate of drug-likeness (QED) is 0.770. The molecule has 1 fully saturated rings. The van der Waals surface area contributed by atoms with Gasteiger partial charge in [0.25, 0.3) is 0 Å². The molecule has 2 amide bonds. The topological polar surface area (TPSA) is 75.4 Å². The van der Waals surface area contributed by atoms with E-state index in [1.807, 2.05) is 20.8 Å². The molecule has 1 aromatic rings. The first-order valence-electron chi connectivity index (χ1n) is 8.30. The minimum atomic E-state index is -0.263. The molecule has 6 heteroatoms. The maximum Gasteiger partial charge on any atom is 0.227 e. The van der Waals surface area contributed by atoms with Crippen LogP contribution in [0.5, 0.6) is 0 Å². The number of amides is 2. The first kappa shape index (κ1) is 20.5. The third-order valence-corrected chi connectivity index (χ3v) is 4.33. The van der Waals surface area contributed by atoms with Gasteiger partial charge in [0.1, 0.15) is 0 Å². The second-order valence-corrected chi connectivity index (χ2v) is 6.44. The number of nitrogens with one attached hydrogen (secondary N) is 1. The summed E-state index contributed by atoms with van der Waals surface area (Å²) >= 11 is 0. The van der Waals surface area contributed by atoms with Crippen molar-refractivity contribution in [1.82, 2.24) is 5.32 Å². The van der Waals surface area contributed by atoms with E-state index in [4.69, 9.17) is 5.73 Å². The number of halogens is 1. The Morgan fingerprint density at radius 3 is 2.46 bits per heavy atom. The van der Waals surface area contributed by atoms with Gasteiger partial charge in [-0.2, -0.15) is 0 Å². The van der Waals surface area contributed by atoms with Crippen LogP contribution in [0.3, 0.4) is 0 Å². The zero-order chi connectivity index (χ0) is 17.0. The van der Waals surface area contributed by atoms with Gasteiger partial charge in [-0.1, -0.05) is 17.7 Å². The molecule has 24 heavy (non-hydrogen) atoms. The minimum Gasteiger partial charge on any atom is -0.356 e. The van der Waals surface area contributed by atoms with Gasteiger partial charge in [0.2, 0.25) is 11.8 Å². The molecule has 134 valence electrons. The molecular weight excluding hydrogens is 326 g/mol. The number of hydrogen-bond acceptors (Lipinski definition) is 3. The maximum absolute atomic E-state index is 12.4. The lowest BCUT2D eigenvalue weighted by Gasteiger charge is -2.22. The van der Waals surface area contributed by atoms with Crippen molar-refractivity contribution in [3.63, 3.8) is 0 Å². The molecule has 1 aliphatic rings. The molecular formula is C18H28ClN3O2. The van der Waals surface area contributed by atoms with Crippen LogP contribution in [-0.2, 0) is 9.59 Å². The zero-order valence-electron chi connectivity index (χ0n) is 14.7. The van der Waals surface area contributed by atoms with Crippen LogP contribution in [0.2, 0.25) is 0 Å². The Labute approximate surface area is 150 Å². The van der Waals surface area contributed by atoms with Crippen molar-refractivity contribution in [2.45, 2.75) is 40.0 Å². The van der Waals surface area contributed by atoms with Gasteiger partial charge in [0.15, 0.2) is 0 Å². The van der Waals surface area contributed by atoms with Crippen LogP contribution in [0.1, 0.15) is 36.0 Å². The lowest BCUT2D eigenvalue weighted by molar-refractivity contribution is -0.126. The Morgan fingerprint density at radius 2 is 1.88 bits per heavy atom. The van der Waals surface area contributed by atoms with Crippen molar-refractivity contribution in [2.24, 2.45) is 11.7 Å². The predicted molar refractivity (Wildman–Crippen MR) is 99.7 cm³/mol. The van der Waals surface area contributed by atoms with Crippen LogP contribution >= 0.6 is 12.4 Å². The molecule has 3 N–H and O–H groups in total. The fraction of sp³-hybridized carbons (Fsp3) is 0.556. The number of rotatable bonds is 6. The van der Waals surface area contributed by atoms with Gasteiger partial charge >= 0.3 is 0 Å². The summed E-state index contributed by atoms with van der Waals surface area (Å²) in [7, 11) is 0. The molecule has 1 heterocycles. The molecule has 0 radical (unpaired) electrons. The molecule has 2 rings (SSSR count). The van der Waals surface area contributed by atoms with E-state index in [0.717, 1.165) is 29.7 Å². The van der Waals surface area contributed by atoms with Crippen LogP contribution in [0, 0.1) is 26.7 Å². The van der Waals surface area contributed by atoms with Crippen LogP contribution in [0.25, 0.3) is 0 Å². The highest BCUT2D eigenvalue weighted by Gasteiger charge is 2.36. The lowest BCUT2D eigenvalue weighted by Crippen LogP contribution is -2.34. The van der Waals surface area contributed by atoms with E-state index < -0.39 is 0 Å². The van der Waals surface area contributed by atoms with Gasteiger partial charge in [-0.05, 0) is 51.3 Å². The number of carbonyl (C=O) groups excluding carboxylic acids is 2. The smallest absolute Gasteiger partial charge is 0.227 e. The van der Waals surface area contributed by atoms with Gasteiger partial charge in [-0.3, -0.25) is 9.59 Å². The molecule has 1 atom stereocenters. The van der Waals surface area contributed by atoms with Crippen molar-refractivity contribution in [3.8, 4) is 0 Å². The fourth-order valence-electron chi connectivity index (χ4n) is 3.32. The van der Waals surface area contributed by atoms with Crippen LogP contribution in [0.15, 0.2) is 12.1 Å². The van der Waals surface area contributed by atoms with E-state index >= 15 is 0 Å². The summed E-state index contributed by atoms with van der Waals surface area (Å²) in [5.41, 5.74) is 9.75. The lowest BCUT2D eigenvalue weighted by atomic mass is 10.0. The molecule has 0 bridgehead atoms. The number of aryl methyl sites for hydroxylation is 3. The molecule has 0 spiro atoms. The summed E-state index contributed by atoms with van der Waals surface area (Å²) in [5.74, 6) is -0.261. The Bertz CT molecular complexity index is 581. The molecule has 1 unspecified atom stereocenters. The highest BCUT2D eigenvalue weighted by Crippen LogP contribution is 2.31. The first-order chi connectivity index (χ1) is 10.9. The number of benzene rings is 1. The SMILES string of the molecule is Cc1cc(C)c(N2CC(C(=O)NCCCCN)CC2=O)c(C)c1.Cl. The highest BCUT2D eigenvalue weighted by molar-refractivity contribution is 6.01. The van der Waals surface area contributed by atoms with Crippen molar-refractivity contribution in [1.29, 1.82) is 0 Å². The Kier molecular flexibility index (Phi) is 7.70. The average Bonchev–Trinajstić information content (AvgIpc) is 2.84. The number of hydrogen-bond donors (Lipinski definition) is 2. The molecule has 1 aliphatic heterocycles. The predicted octanol–water partition coefficient (Wildman–Crippen LogP) is 2.24. The molecule has 0 aliphatic carbocycles. The molecule has 0 aromatic heterocycles. The van der Waals surface area contributed by atoms with Gasteiger partial charge in [0, 0.05) is 25.2 Å². The highest BCUT2D eigenvalue weighted by atomic mass is 35.5. The van der Waals surface area contributed by atoms with E-state index in [0.29, 0.717) is 19.6 Å². The summed E-state index contributed by atoms with van der Waals surface area (Å²) in [4.78, 5) is 26.4. The van der Waals surface area contributed by atoms with Crippen LogP contribution in [0.4, 0.5) is 5.69 Å². The minimum absolute atomic E-state index is 0. The Morgan fingerprint density at radius 1 is 1.25 bits per heavy atom. The van der Waals surface area contributed by atoms with Gasteiger partial charge in [0.05, 0.1) is 5.92 Å². The molecule has 0 saturated carbocycles. The molecule has 1 aromatic carbocycles. The van der Waals surface area contributed by atoms with Gasteiger partial charge in [-0.15, -0.1) is 12.4 Å². The molecule has 1 saturated heterocycles. The second kappa shape index (κ2) is 9.04. The Hall–Kier alpha value is -1.59. The number of carbonyl (C=O) groups is 2. The van der Waals surface area contributed by atoms with Crippen molar-refractivity contribution in [3.05, 3.63) is 28.8 Å². The van der Waals surface area contributed by atoms with E-state index in [2.05, 4.69) is 17.4 Å². The summed E-state index contributed by atoms with van der Waals surface area (Å²) in [6.45, 7) is 7.81. The maximum atomic E-state index is 12.4. The normalized spacial score (nSPS) is 16.9. The summed E-state index contributed by atoms with van der Waals surface area (Å²) in [6.07, 6.45) is 2.07. The van der Waals surface area contributed by atoms with E-state index in [1.165, 1.54) is 5.56 Å².